The highest BCUT2D eigenvalue weighted by Crippen LogP contribution is 2.13. The summed E-state index contributed by atoms with van der Waals surface area (Å²) in [4.78, 5) is 37.9. The molecule has 0 saturated carbocycles. The Morgan fingerprint density at radius 3 is 1.21 bits per heavy atom. The van der Waals surface area contributed by atoms with E-state index in [0.29, 0.717) is 19.3 Å². The molecular formula is C55H88O6. The largest absolute Gasteiger partial charge is 0.462 e. The molecule has 0 aliphatic heterocycles. The fraction of sp³-hybridized carbons (Fsp3) is 0.618. The Hall–Kier alpha value is -3.93. The first-order chi connectivity index (χ1) is 30.0. The van der Waals surface area contributed by atoms with Crippen LogP contribution in [0, 0.1) is 0 Å². The lowest BCUT2D eigenvalue weighted by atomic mass is 10.1. The van der Waals surface area contributed by atoms with Crippen LogP contribution < -0.4 is 0 Å². The molecule has 6 heteroatoms. The van der Waals surface area contributed by atoms with Gasteiger partial charge in [0, 0.05) is 19.3 Å². The van der Waals surface area contributed by atoms with Crippen molar-refractivity contribution in [3.8, 4) is 0 Å². The molecule has 1 unspecified atom stereocenters. The van der Waals surface area contributed by atoms with Crippen molar-refractivity contribution in [3.05, 3.63) is 109 Å². The van der Waals surface area contributed by atoms with Gasteiger partial charge in [0.25, 0.3) is 0 Å². The van der Waals surface area contributed by atoms with Crippen molar-refractivity contribution in [2.24, 2.45) is 0 Å². The molecule has 0 fully saturated rings. The predicted molar refractivity (Wildman–Crippen MR) is 260 cm³/mol. The number of allylic oxidation sites excluding steroid dienone is 18. The summed E-state index contributed by atoms with van der Waals surface area (Å²) < 4.78 is 16.7. The number of ether oxygens (including phenoxy) is 3. The Kier molecular flexibility index (Phi) is 45.6. The minimum atomic E-state index is -0.805. The van der Waals surface area contributed by atoms with Gasteiger partial charge in [-0.2, -0.15) is 0 Å². The van der Waals surface area contributed by atoms with Gasteiger partial charge >= 0.3 is 17.9 Å². The van der Waals surface area contributed by atoms with Crippen LogP contribution in [0.15, 0.2) is 109 Å². The Morgan fingerprint density at radius 2 is 0.721 bits per heavy atom. The summed E-state index contributed by atoms with van der Waals surface area (Å²) in [6.07, 6.45) is 64.9. The topological polar surface area (TPSA) is 78.9 Å². The highest BCUT2D eigenvalue weighted by atomic mass is 16.6. The van der Waals surface area contributed by atoms with E-state index in [9.17, 15) is 14.4 Å². The third-order valence-electron chi connectivity index (χ3n) is 9.90. The minimum absolute atomic E-state index is 0.103. The number of rotatable bonds is 42. The molecule has 0 spiro atoms. The van der Waals surface area contributed by atoms with Gasteiger partial charge in [0.1, 0.15) is 13.2 Å². The van der Waals surface area contributed by atoms with Crippen molar-refractivity contribution >= 4 is 17.9 Å². The van der Waals surface area contributed by atoms with Crippen molar-refractivity contribution < 1.29 is 28.6 Å². The minimum Gasteiger partial charge on any atom is -0.462 e. The first-order valence-electron chi connectivity index (χ1n) is 24.5. The molecule has 0 aromatic heterocycles. The van der Waals surface area contributed by atoms with Crippen LogP contribution in [0.2, 0.25) is 0 Å². The molecule has 0 radical (unpaired) electrons. The van der Waals surface area contributed by atoms with E-state index in [4.69, 9.17) is 14.2 Å². The van der Waals surface area contributed by atoms with Crippen LogP contribution in [0.3, 0.4) is 0 Å². The van der Waals surface area contributed by atoms with Crippen molar-refractivity contribution in [1.29, 1.82) is 0 Å². The average Bonchev–Trinajstić information content (AvgIpc) is 3.26. The second kappa shape index (κ2) is 48.7. The van der Waals surface area contributed by atoms with E-state index >= 15 is 0 Å². The average molecular weight is 845 g/mol. The van der Waals surface area contributed by atoms with E-state index in [-0.39, 0.29) is 31.1 Å². The number of carbonyl (C=O) groups excluding carboxylic acids is 3. The smallest absolute Gasteiger partial charge is 0.306 e. The van der Waals surface area contributed by atoms with Gasteiger partial charge in [0.2, 0.25) is 0 Å². The number of hydrogen-bond donors (Lipinski definition) is 0. The van der Waals surface area contributed by atoms with E-state index in [1.54, 1.807) is 0 Å². The molecule has 0 bridgehead atoms. The maximum Gasteiger partial charge on any atom is 0.306 e. The van der Waals surface area contributed by atoms with Crippen LogP contribution >= 0.6 is 0 Å². The van der Waals surface area contributed by atoms with Gasteiger partial charge < -0.3 is 14.2 Å². The second-order valence-corrected chi connectivity index (χ2v) is 15.8. The maximum absolute atomic E-state index is 12.8. The van der Waals surface area contributed by atoms with Gasteiger partial charge in [-0.1, -0.05) is 201 Å². The molecule has 0 aliphatic rings. The SMILES string of the molecule is CC\C=C/C=C\C=C/C=C\C=C\C=C/CCCCCC(=O)OCC(COC(=O)CCCCCCC/C=C\CCCCC)OC(=O)CCCCCCCCC/C=C\C/C=C\CC. The van der Waals surface area contributed by atoms with Gasteiger partial charge in [0.15, 0.2) is 6.10 Å². The summed E-state index contributed by atoms with van der Waals surface area (Å²) >= 11 is 0. The summed E-state index contributed by atoms with van der Waals surface area (Å²) in [5, 5.41) is 0. The molecule has 0 N–H and O–H groups in total. The molecule has 0 aromatic carbocycles. The molecule has 1 atom stereocenters. The lowest BCUT2D eigenvalue weighted by molar-refractivity contribution is -0.167. The van der Waals surface area contributed by atoms with Crippen molar-refractivity contribution in [2.45, 2.75) is 207 Å². The summed E-state index contributed by atoms with van der Waals surface area (Å²) in [6, 6.07) is 0. The van der Waals surface area contributed by atoms with E-state index in [1.165, 1.54) is 57.8 Å². The molecule has 0 aromatic rings. The second-order valence-electron chi connectivity index (χ2n) is 15.8. The molecule has 6 nitrogen and oxygen atoms in total. The molecule has 0 heterocycles. The van der Waals surface area contributed by atoms with Gasteiger partial charge in [0.05, 0.1) is 0 Å². The number of esters is 3. The van der Waals surface area contributed by atoms with E-state index in [2.05, 4.69) is 69.4 Å². The highest BCUT2D eigenvalue weighted by molar-refractivity contribution is 5.71. The van der Waals surface area contributed by atoms with Gasteiger partial charge in [-0.05, 0) is 89.9 Å². The van der Waals surface area contributed by atoms with E-state index < -0.39 is 6.10 Å². The van der Waals surface area contributed by atoms with E-state index in [1.807, 2.05) is 60.8 Å². The number of hydrogen-bond acceptors (Lipinski definition) is 6. The third kappa shape index (κ3) is 47.0. The van der Waals surface area contributed by atoms with Crippen LogP contribution in [0.25, 0.3) is 0 Å². The van der Waals surface area contributed by atoms with Crippen LogP contribution in [0.1, 0.15) is 201 Å². The summed E-state index contributed by atoms with van der Waals surface area (Å²) in [7, 11) is 0. The van der Waals surface area contributed by atoms with E-state index in [0.717, 1.165) is 103 Å². The number of carbonyl (C=O) groups is 3. The predicted octanol–water partition coefficient (Wildman–Crippen LogP) is 16.0. The first-order valence-corrected chi connectivity index (χ1v) is 24.5. The van der Waals surface area contributed by atoms with Gasteiger partial charge in [-0.3, -0.25) is 14.4 Å². The normalized spacial score (nSPS) is 13.0. The monoisotopic (exact) mass is 845 g/mol. The molecule has 0 aliphatic carbocycles. The van der Waals surface area contributed by atoms with Crippen LogP contribution in [-0.4, -0.2) is 37.2 Å². The third-order valence-corrected chi connectivity index (χ3v) is 9.90. The summed E-state index contributed by atoms with van der Waals surface area (Å²) in [5.41, 5.74) is 0. The highest BCUT2D eigenvalue weighted by Gasteiger charge is 2.19. The molecule has 0 amide bonds. The fourth-order valence-electron chi connectivity index (χ4n) is 6.27. The Labute approximate surface area is 374 Å². The summed E-state index contributed by atoms with van der Waals surface area (Å²) in [6.45, 7) is 6.29. The molecular weight excluding hydrogens is 757 g/mol. The van der Waals surface area contributed by atoms with Crippen molar-refractivity contribution in [3.63, 3.8) is 0 Å². The van der Waals surface area contributed by atoms with Crippen LogP contribution in [-0.2, 0) is 28.6 Å². The first kappa shape index (κ1) is 57.1. The Morgan fingerprint density at radius 1 is 0.361 bits per heavy atom. The molecule has 344 valence electrons. The van der Waals surface area contributed by atoms with Crippen LogP contribution in [0.4, 0.5) is 0 Å². The maximum atomic E-state index is 12.8. The summed E-state index contributed by atoms with van der Waals surface area (Å²) in [5.74, 6) is -0.973. The van der Waals surface area contributed by atoms with Gasteiger partial charge in [-0.15, -0.1) is 0 Å². The standard InChI is InChI=1S/C55H88O6/c1-4-7-10-13-16-19-22-25-27-28-29-31-33-36-39-42-45-48-54(57)60-51-52(50-59-53(56)47-44-41-38-35-32-24-21-18-15-12-9-6-3)61-55(58)49-46-43-40-37-34-30-26-23-20-17-14-11-8-5-2/h7-8,10-11,13,16-22,25,27-29,31,33,52H,4-6,9,12,14-15,23-24,26,30,32,34-51H2,1-3H3/b10-7-,11-8-,16-13-,20-17-,21-18-,22-19-,27-25-,29-28+,33-31-. The Bertz CT molecular complexity index is 1290. The van der Waals surface area contributed by atoms with Crippen LogP contribution in [0.5, 0.6) is 0 Å². The molecule has 61 heavy (non-hydrogen) atoms. The lowest BCUT2D eigenvalue weighted by Crippen LogP contribution is -2.30. The molecule has 0 saturated heterocycles. The van der Waals surface area contributed by atoms with Crippen molar-refractivity contribution in [1.82, 2.24) is 0 Å². The fourth-order valence-corrected chi connectivity index (χ4v) is 6.27. The zero-order valence-corrected chi connectivity index (χ0v) is 39.1. The zero-order valence-electron chi connectivity index (χ0n) is 39.1. The van der Waals surface area contributed by atoms with Crippen molar-refractivity contribution in [2.75, 3.05) is 13.2 Å². The quantitative estimate of drug-likeness (QED) is 0.0200. The zero-order chi connectivity index (χ0) is 44.4. The Balaban J connectivity index is 4.52. The molecule has 0 rings (SSSR count). The number of unbranched alkanes of at least 4 members (excludes halogenated alkanes) is 18. The van der Waals surface area contributed by atoms with Gasteiger partial charge in [-0.25, -0.2) is 0 Å². The lowest BCUT2D eigenvalue weighted by Gasteiger charge is -2.18.